The topological polar surface area (TPSA) is 76.9 Å². The molecule has 4 rings (SSSR count). The molecule has 8 heteroatoms. The summed E-state index contributed by atoms with van der Waals surface area (Å²) < 4.78 is 29.6. The van der Waals surface area contributed by atoms with Gasteiger partial charge in [-0.2, -0.15) is 0 Å². The lowest BCUT2D eigenvalue weighted by molar-refractivity contribution is 0.603. The highest BCUT2D eigenvalue weighted by Gasteiger charge is 2.17. The van der Waals surface area contributed by atoms with Gasteiger partial charge >= 0.3 is 0 Å². The van der Waals surface area contributed by atoms with E-state index in [0.29, 0.717) is 9.90 Å². The SMILES string of the molecule is O=S(=O)(Nc1ccc(-c2nnc3n2CCCCC3)cc1)c1cccs1. The summed E-state index contributed by atoms with van der Waals surface area (Å²) in [6.07, 6.45) is 4.47. The molecule has 0 spiro atoms. The number of anilines is 1. The van der Waals surface area contributed by atoms with Crippen molar-refractivity contribution in [3.05, 3.63) is 47.6 Å². The van der Waals surface area contributed by atoms with Crippen molar-refractivity contribution in [1.29, 1.82) is 0 Å². The van der Waals surface area contributed by atoms with Gasteiger partial charge in [0, 0.05) is 24.2 Å². The van der Waals surface area contributed by atoms with Crippen LogP contribution in [-0.2, 0) is 23.0 Å². The zero-order valence-electron chi connectivity index (χ0n) is 13.6. The van der Waals surface area contributed by atoms with E-state index in [2.05, 4.69) is 19.5 Å². The maximum absolute atomic E-state index is 12.3. The molecular formula is C17H18N4O2S2. The molecule has 3 heterocycles. The van der Waals surface area contributed by atoms with Gasteiger partial charge < -0.3 is 4.57 Å². The van der Waals surface area contributed by atoms with Crippen LogP contribution in [0.4, 0.5) is 5.69 Å². The number of benzene rings is 1. The van der Waals surface area contributed by atoms with Gasteiger partial charge in [-0.3, -0.25) is 4.72 Å². The van der Waals surface area contributed by atoms with Gasteiger partial charge in [0.2, 0.25) is 0 Å². The summed E-state index contributed by atoms with van der Waals surface area (Å²) >= 11 is 1.20. The van der Waals surface area contributed by atoms with Gasteiger partial charge in [0.1, 0.15) is 10.0 Å². The summed E-state index contributed by atoms with van der Waals surface area (Å²) in [5.74, 6) is 1.89. The molecule has 0 bridgehead atoms. The molecule has 1 N–H and O–H groups in total. The van der Waals surface area contributed by atoms with Crippen LogP contribution < -0.4 is 4.72 Å². The van der Waals surface area contributed by atoms with Crippen molar-refractivity contribution >= 4 is 27.0 Å². The van der Waals surface area contributed by atoms with Crippen LogP contribution in [0.5, 0.6) is 0 Å². The second kappa shape index (κ2) is 6.61. The fourth-order valence-electron chi connectivity index (χ4n) is 3.01. The molecular weight excluding hydrogens is 356 g/mol. The summed E-state index contributed by atoms with van der Waals surface area (Å²) in [7, 11) is -3.52. The molecule has 130 valence electrons. The Morgan fingerprint density at radius 1 is 1.04 bits per heavy atom. The minimum absolute atomic E-state index is 0.305. The third kappa shape index (κ3) is 3.32. The van der Waals surface area contributed by atoms with Crippen LogP contribution in [0.3, 0.4) is 0 Å². The summed E-state index contributed by atoms with van der Waals surface area (Å²) in [4.78, 5) is 0. The van der Waals surface area contributed by atoms with Crippen molar-refractivity contribution in [2.45, 2.75) is 36.4 Å². The van der Waals surface area contributed by atoms with Crippen LogP contribution in [0, 0.1) is 0 Å². The number of nitrogens with zero attached hydrogens (tertiary/aromatic N) is 3. The predicted molar refractivity (Wildman–Crippen MR) is 98.1 cm³/mol. The lowest BCUT2D eigenvalue weighted by Gasteiger charge is -2.09. The van der Waals surface area contributed by atoms with E-state index in [4.69, 9.17) is 0 Å². The maximum Gasteiger partial charge on any atom is 0.271 e. The molecule has 0 unspecified atom stereocenters. The molecule has 2 aromatic heterocycles. The molecule has 0 radical (unpaired) electrons. The fraction of sp³-hybridized carbons (Fsp3) is 0.294. The quantitative estimate of drug-likeness (QED) is 0.758. The van der Waals surface area contributed by atoms with Crippen LogP contribution in [0.25, 0.3) is 11.4 Å². The van der Waals surface area contributed by atoms with Gasteiger partial charge in [-0.25, -0.2) is 8.42 Å². The number of hydrogen-bond acceptors (Lipinski definition) is 5. The lowest BCUT2D eigenvalue weighted by atomic mass is 10.2. The summed E-state index contributed by atoms with van der Waals surface area (Å²) in [5, 5.41) is 10.4. The van der Waals surface area contributed by atoms with Crippen LogP contribution in [0.2, 0.25) is 0 Å². The highest BCUT2D eigenvalue weighted by molar-refractivity contribution is 7.94. The molecule has 3 aromatic rings. The first-order valence-electron chi connectivity index (χ1n) is 8.22. The number of aryl methyl sites for hydroxylation is 1. The summed E-state index contributed by atoms with van der Waals surface area (Å²) in [6.45, 7) is 0.935. The number of fused-ring (bicyclic) bond motifs is 1. The first kappa shape index (κ1) is 16.3. The van der Waals surface area contributed by atoms with E-state index in [9.17, 15) is 8.42 Å². The monoisotopic (exact) mass is 374 g/mol. The maximum atomic E-state index is 12.3. The third-order valence-corrected chi connectivity index (χ3v) is 7.04. The number of rotatable bonds is 4. The van der Waals surface area contributed by atoms with Gasteiger partial charge in [-0.15, -0.1) is 21.5 Å². The lowest BCUT2D eigenvalue weighted by Crippen LogP contribution is -2.11. The van der Waals surface area contributed by atoms with E-state index in [1.807, 2.05) is 12.1 Å². The largest absolute Gasteiger partial charge is 0.311 e. The van der Waals surface area contributed by atoms with Gasteiger partial charge in [-0.05, 0) is 48.6 Å². The zero-order chi connectivity index (χ0) is 17.3. The van der Waals surface area contributed by atoms with Crippen LogP contribution in [0.15, 0.2) is 46.0 Å². The minimum Gasteiger partial charge on any atom is -0.311 e. The molecule has 25 heavy (non-hydrogen) atoms. The van der Waals surface area contributed by atoms with E-state index in [0.717, 1.165) is 43.0 Å². The highest BCUT2D eigenvalue weighted by Crippen LogP contribution is 2.25. The normalized spacial score (nSPS) is 14.7. The van der Waals surface area contributed by atoms with Gasteiger partial charge in [0.25, 0.3) is 10.0 Å². The van der Waals surface area contributed by atoms with Crippen molar-refractivity contribution in [2.24, 2.45) is 0 Å². The Balaban J connectivity index is 1.58. The zero-order valence-corrected chi connectivity index (χ0v) is 15.2. The molecule has 0 saturated carbocycles. The first-order chi connectivity index (χ1) is 12.1. The van der Waals surface area contributed by atoms with Crippen LogP contribution in [-0.4, -0.2) is 23.2 Å². The van der Waals surface area contributed by atoms with E-state index in [1.54, 1.807) is 29.6 Å². The third-order valence-electron chi connectivity index (χ3n) is 4.26. The molecule has 1 aliphatic heterocycles. The smallest absolute Gasteiger partial charge is 0.271 e. The standard InChI is InChI=1S/C17H18N4O2S2/c22-25(23,16-6-4-12-24-16)20-14-9-7-13(8-10-14)17-19-18-15-5-2-1-3-11-21(15)17/h4,6-10,12,20H,1-3,5,11H2. The Morgan fingerprint density at radius 2 is 1.88 bits per heavy atom. The highest BCUT2D eigenvalue weighted by atomic mass is 32.2. The molecule has 1 aliphatic rings. The van der Waals surface area contributed by atoms with E-state index in [1.165, 1.54) is 17.8 Å². The van der Waals surface area contributed by atoms with Crippen molar-refractivity contribution in [1.82, 2.24) is 14.8 Å². The first-order valence-corrected chi connectivity index (χ1v) is 10.6. The van der Waals surface area contributed by atoms with E-state index in [-0.39, 0.29) is 0 Å². The van der Waals surface area contributed by atoms with E-state index >= 15 is 0 Å². The Morgan fingerprint density at radius 3 is 2.64 bits per heavy atom. The Labute approximate surface area is 150 Å². The summed E-state index contributed by atoms with van der Waals surface area (Å²) in [6, 6.07) is 10.6. The Kier molecular flexibility index (Phi) is 4.30. The Hall–Kier alpha value is -2.19. The molecule has 1 aromatic carbocycles. The fourth-order valence-corrected chi connectivity index (χ4v) is 5.06. The van der Waals surface area contributed by atoms with Gasteiger partial charge in [0.05, 0.1) is 0 Å². The molecule has 0 atom stereocenters. The molecule has 0 fully saturated rings. The van der Waals surface area contributed by atoms with Gasteiger partial charge in [0.15, 0.2) is 5.82 Å². The average Bonchev–Trinajstić information content (AvgIpc) is 3.22. The van der Waals surface area contributed by atoms with Gasteiger partial charge in [-0.1, -0.05) is 12.5 Å². The van der Waals surface area contributed by atoms with Crippen LogP contribution >= 0.6 is 11.3 Å². The minimum atomic E-state index is -3.52. The second-order valence-corrected chi connectivity index (χ2v) is 8.87. The number of nitrogens with one attached hydrogen (secondary N) is 1. The molecule has 0 aliphatic carbocycles. The molecule has 0 amide bonds. The summed E-state index contributed by atoms with van der Waals surface area (Å²) in [5.41, 5.74) is 1.48. The van der Waals surface area contributed by atoms with Crippen molar-refractivity contribution < 1.29 is 8.42 Å². The van der Waals surface area contributed by atoms with Crippen LogP contribution in [0.1, 0.15) is 25.1 Å². The number of hydrogen-bond donors (Lipinski definition) is 1. The number of thiophene rings is 1. The second-order valence-electron chi connectivity index (χ2n) is 6.02. The van der Waals surface area contributed by atoms with Crippen molar-refractivity contribution in [3.63, 3.8) is 0 Å². The van der Waals surface area contributed by atoms with Crippen molar-refractivity contribution in [2.75, 3.05) is 4.72 Å². The van der Waals surface area contributed by atoms with Crippen molar-refractivity contribution in [3.8, 4) is 11.4 Å². The van der Waals surface area contributed by atoms with E-state index < -0.39 is 10.0 Å². The average molecular weight is 374 g/mol. The number of sulfonamides is 1. The Bertz CT molecular complexity index is 961. The number of aromatic nitrogens is 3. The molecule has 0 saturated heterocycles. The predicted octanol–water partition coefficient (Wildman–Crippen LogP) is 3.53. The molecule has 6 nitrogen and oxygen atoms in total.